The van der Waals surface area contributed by atoms with Crippen LogP contribution in [0.4, 0.5) is 0 Å². The van der Waals surface area contributed by atoms with Gasteiger partial charge < -0.3 is 0 Å². The zero-order valence-corrected chi connectivity index (χ0v) is 16.8. The number of hydrogen-bond donors (Lipinski definition) is 0. The molecule has 0 spiro atoms. The molecule has 0 unspecified atom stereocenters. The number of hydrogen-bond acceptors (Lipinski definition) is 4. The summed E-state index contributed by atoms with van der Waals surface area (Å²) in [5.41, 5.74) is 3.28. The maximum absolute atomic E-state index is 5.53. The SMILES string of the molecule is CC(C)(C)c1c2ccc(c1C(C)(C)C)C(C)(C)OOOOC2(C)C. The molecule has 0 saturated heterocycles. The zero-order valence-electron chi connectivity index (χ0n) is 16.8. The molecule has 0 atom stereocenters. The smallest absolute Gasteiger partial charge is 0.126 e. The molecule has 136 valence electrons. The third kappa shape index (κ3) is 3.52. The largest absolute Gasteiger partial charge is 0.193 e. The number of benzene rings is 1. The predicted octanol–water partition coefficient (Wildman–Crippen LogP) is 5.58. The summed E-state index contributed by atoms with van der Waals surface area (Å²) in [6, 6.07) is 4.26. The van der Waals surface area contributed by atoms with Crippen molar-refractivity contribution in [3.63, 3.8) is 0 Å². The fourth-order valence-corrected chi connectivity index (χ4v) is 3.45. The lowest BCUT2D eigenvalue weighted by Crippen LogP contribution is -2.36. The van der Waals surface area contributed by atoms with Crippen LogP contribution in [-0.4, -0.2) is 0 Å². The minimum absolute atomic E-state index is 0.0648. The fourth-order valence-electron chi connectivity index (χ4n) is 3.45. The van der Waals surface area contributed by atoms with E-state index in [9.17, 15) is 0 Å². The average molecular weight is 336 g/mol. The molecule has 2 aliphatic rings. The molecular formula is C20H32O4. The Balaban J connectivity index is 2.98. The summed E-state index contributed by atoms with van der Waals surface area (Å²) in [6.45, 7) is 21.3. The van der Waals surface area contributed by atoms with Gasteiger partial charge in [0.2, 0.25) is 0 Å². The van der Waals surface area contributed by atoms with Crippen LogP contribution in [0.5, 0.6) is 0 Å². The van der Waals surface area contributed by atoms with E-state index in [1.54, 1.807) is 0 Å². The van der Waals surface area contributed by atoms with E-state index in [1.807, 2.05) is 27.7 Å². The van der Waals surface area contributed by atoms with Gasteiger partial charge in [-0.15, -0.1) is 0 Å². The first-order valence-electron chi connectivity index (χ1n) is 8.57. The van der Waals surface area contributed by atoms with Gasteiger partial charge in [-0.25, -0.2) is 0 Å². The molecule has 3 rings (SSSR count). The minimum Gasteiger partial charge on any atom is -0.193 e. The van der Waals surface area contributed by atoms with Gasteiger partial charge in [-0.2, -0.15) is 9.78 Å². The van der Waals surface area contributed by atoms with Crippen molar-refractivity contribution in [2.45, 2.75) is 91.3 Å². The van der Waals surface area contributed by atoms with E-state index < -0.39 is 11.2 Å². The van der Waals surface area contributed by atoms with Crippen molar-refractivity contribution >= 4 is 0 Å². The molecular weight excluding hydrogens is 304 g/mol. The average Bonchev–Trinajstić information content (AvgIpc) is 2.39. The highest BCUT2D eigenvalue weighted by Crippen LogP contribution is 2.46. The standard InChI is InChI=1S/C20H32O4/c1-17(2,3)15-13-11-12-14(16(15)18(4,5)6)20(9,10)22-24-23-21-19(13,7)8/h11-12H,1-10H3. The molecule has 0 radical (unpaired) electrons. The first kappa shape index (κ1) is 19.4. The van der Waals surface area contributed by atoms with Crippen LogP contribution in [0, 0.1) is 0 Å². The van der Waals surface area contributed by atoms with Gasteiger partial charge in [0, 0.05) is 0 Å². The molecule has 0 amide bonds. The second kappa shape index (κ2) is 5.80. The molecule has 2 heterocycles. The molecule has 1 aromatic carbocycles. The summed E-state index contributed by atoms with van der Waals surface area (Å²) in [5, 5.41) is 9.77. The van der Waals surface area contributed by atoms with Gasteiger partial charge in [0.15, 0.2) is 0 Å². The van der Waals surface area contributed by atoms with Crippen LogP contribution in [0.25, 0.3) is 0 Å². The van der Waals surface area contributed by atoms with Crippen LogP contribution in [-0.2, 0) is 41.9 Å². The van der Waals surface area contributed by atoms with Crippen molar-refractivity contribution in [1.82, 2.24) is 0 Å². The van der Waals surface area contributed by atoms with E-state index in [4.69, 9.17) is 19.9 Å². The summed E-state index contributed by atoms with van der Waals surface area (Å²) in [4.78, 5) is 11.1. The van der Waals surface area contributed by atoms with Gasteiger partial charge in [-0.05, 0) is 70.9 Å². The maximum Gasteiger partial charge on any atom is 0.126 e. The molecule has 24 heavy (non-hydrogen) atoms. The molecule has 0 aromatic heterocycles. The van der Waals surface area contributed by atoms with Gasteiger partial charge in [0.05, 0.1) is 0 Å². The van der Waals surface area contributed by atoms with Crippen molar-refractivity contribution in [1.29, 1.82) is 0 Å². The van der Waals surface area contributed by atoms with Gasteiger partial charge in [-0.1, -0.05) is 53.7 Å². The summed E-state index contributed by atoms with van der Waals surface area (Å²) in [5.74, 6) is 0. The van der Waals surface area contributed by atoms with Crippen LogP contribution in [0.2, 0.25) is 0 Å². The quantitative estimate of drug-likeness (QED) is 0.580. The van der Waals surface area contributed by atoms with Gasteiger partial charge in [-0.3, -0.25) is 0 Å². The van der Waals surface area contributed by atoms with Crippen LogP contribution >= 0.6 is 0 Å². The molecule has 4 nitrogen and oxygen atoms in total. The Morgan fingerprint density at radius 1 is 0.625 bits per heavy atom. The zero-order chi connectivity index (χ0) is 18.6. The molecule has 4 heteroatoms. The first-order valence-corrected chi connectivity index (χ1v) is 8.57. The van der Waals surface area contributed by atoms with Crippen molar-refractivity contribution in [3.8, 4) is 0 Å². The Morgan fingerprint density at radius 2 is 0.917 bits per heavy atom. The Bertz CT molecular complexity index is 561. The number of fused-ring (bicyclic) bond motifs is 7. The molecule has 2 bridgehead atoms. The van der Waals surface area contributed by atoms with Gasteiger partial charge >= 0.3 is 0 Å². The highest BCUT2D eigenvalue weighted by Gasteiger charge is 2.41. The molecule has 0 fully saturated rings. The second-order valence-electron chi connectivity index (χ2n) is 9.73. The molecule has 0 saturated carbocycles. The van der Waals surface area contributed by atoms with E-state index in [1.165, 1.54) is 11.1 Å². The highest BCUT2D eigenvalue weighted by molar-refractivity contribution is 5.52. The monoisotopic (exact) mass is 336 g/mol. The van der Waals surface area contributed by atoms with Crippen molar-refractivity contribution in [3.05, 3.63) is 34.4 Å². The minimum atomic E-state index is -0.675. The molecule has 0 aliphatic carbocycles. The van der Waals surface area contributed by atoms with E-state index in [0.29, 0.717) is 0 Å². The number of rotatable bonds is 0. The van der Waals surface area contributed by atoms with E-state index in [2.05, 4.69) is 53.7 Å². The maximum atomic E-state index is 5.53. The summed E-state index contributed by atoms with van der Waals surface area (Å²) < 4.78 is 0. The van der Waals surface area contributed by atoms with Crippen LogP contribution in [0.1, 0.15) is 91.5 Å². The topological polar surface area (TPSA) is 36.9 Å². The van der Waals surface area contributed by atoms with E-state index in [0.717, 1.165) is 11.1 Å². The lowest BCUT2D eigenvalue weighted by Gasteiger charge is -2.41. The van der Waals surface area contributed by atoms with Crippen LogP contribution < -0.4 is 0 Å². The molecule has 1 aromatic rings. The van der Waals surface area contributed by atoms with E-state index >= 15 is 0 Å². The molecule has 0 N–H and O–H groups in total. The Kier molecular flexibility index (Phi) is 4.69. The van der Waals surface area contributed by atoms with Crippen LogP contribution in [0.15, 0.2) is 12.1 Å². The summed E-state index contributed by atoms with van der Waals surface area (Å²) >= 11 is 0. The Morgan fingerprint density at radius 3 is 1.17 bits per heavy atom. The van der Waals surface area contributed by atoms with Crippen molar-refractivity contribution < 1.29 is 19.9 Å². The van der Waals surface area contributed by atoms with Crippen LogP contribution in [0.3, 0.4) is 0 Å². The third-order valence-corrected chi connectivity index (χ3v) is 4.52. The predicted molar refractivity (Wildman–Crippen MR) is 94.2 cm³/mol. The summed E-state index contributed by atoms with van der Waals surface area (Å²) in [7, 11) is 0. The lowest BCUT2D eigenvalue weighted by molar-refractivity contribution is -0.668. The Labute approximate surface area is 146 Å². The van der Waals surface area contributed by atoms with Crippen molar-refractivity contribution in [2.24, 2.45) is 0 Å². The normalized spacial score (nSPS) is 20.9. The van der Waals surface area contributed by atoms with Crippen molar-refractivity contribution in [2.75, 3.05) is 0 Å². The van der Waals surface area contributed by atoms with Gasteiger partial charge in [0.1, 0.15) is 11.2 Å². The first-order chi connectivity index (χ1) is 10.7. The second-order valence-corrected chi connectivity index (χ2v) is 9.73. The highest BCUT2D eigenvalue weighted by atomic mass is 17.7. The van der Waals surface area contributed by atoms with Gasteiger partial charge in [0.25, 0.3) is 0 Å². The molecule has 2 aliphatic heterocycles. The Hall–Kier alpha value is -0.940. The van der Waals surface area contributed by atoms with E-state index in [-0.39, 0.29) is 10.8 Å². The lowest BCUT2D eigenvalue weighted by atomic mass is 9.67. The fraction of sp³-hybridized carbons (Fsp3) is 0.700. The summed E-state index contributed by atoms with van der Waals surface area (Å²) in [6.07, 6.45) is 0. The third-order valence-electron chi connectivity index (χ3n) is 4.52.